The van der Waals surface area contributed by atoms with Crippen molar-refractivity contribution >= 4 is 26.6 Å². The summed E-state index contributed by atoms with van der Waals surface area (Å²) in [5.41, 5.74) is 0.899. The Bertz CT molecular complexity index is 1100. The Morgan fingerprint density at radius 3 is 2.41 bits per heavy atom. The second kappa shape index (κ2) is 6.72. The minimum absolute atomic E-state index is 0.116. The Kier molecular flexibility index (Phi) is 4.38. The number of aromatic nitrogens is 3. The van der Waals surface area contributed by atoms with Gasteiger partial charge in [-0.1, -0.05) is 24.3 Å². The van der Waals surface area contributed by atoms with Gasteiger partial charge in [0.15, 0.2) is 0 Å². The van der Waals surface area contributed by atoms with Crippen LogP contribution in [0.15, 0.2) is 41.4 Å². The highest BCUT2D eigenvalue weighted by atomic mass is 32.2. The van der Waals surface area contributed by atoms with Crippen molar-refractivity contribution in [1.29, 1.82) is 0 Å². The average Bonchev–Trinajstić information content (AvgIpc) is 2.68. The van der Waals surface area contributed by atoms with Crippen molar-refractivity contribution in [3.8, 4) is 17.0 Å². The Morgan fingerprint density at radius 2 is 1.78 bits per heavy atom. The van der Waals surface area contributed by atoms with Gasteiger partial charge in [0.05, 0.1) is 23.1 Å². The molecule has 0 radical (unpaired) electrons. The van der Waals surface area contributed by atoms with Crippen molar-refractivity contribution in [2.75, 3.05) is 31.1 Å². The van der Waals surface area contributed by atoms with Gasteiger partial charge < -0.3 is 15.3 Å². The van der Waals surface area contributed by atoms with E-state index in [0.29, 0.717) is 29.5 Å². The first-order valence-corrected chi connectivity index (χ1v) is 9.78. The van der Waals surface area contributed by atoms with Crippen molar-refractivity contribution in [3.05, 3.63) is 36.5 Å². The molecule has 27 heavy (non-hydrogen) atoms. The number of hydrogen-bond donors (Lipinski definition) is 3. The molecule has 1 aliphatic heterocycles. The van der Waals surface area contributed by atoms with Gasteiger partial charge in [-0.15, -0.1) is 10.2 Å². The molecule has 4 rings (SSSR count). The maximum atomic E-state index is 12.2. The molecule has 10 heteroatoms. The van der Waals surface area contributed by atoms with Crippen LogP contribution in [-0.2, 0) is 10.1 Å². The molecule has 1 saturated heterocycles. The van der Waals surface area contributed by atoms with Gasteiger partial charge in [-0.25, -0.2) is 0 Å². The number of hydrogen-bond acceptors (Lipinski definition) is 8. The van der Waals surface area contributed by atoms with E-state index in [1.807, 2.05) is 11.0 Å². The summed E-state index contributed by atoms with van der Waals surface area (Å²) in [6, 6.07) is 8.42. The lowest BCUT2D eigenvalue weighted by Gasteiger charge is -2.33. The number of anilines is 1. The summed E-state index contributed by atoms with van der Waals surface area (Å²) < 4.78 is 34.4. The topological polar surface area (TPSA) is 129 Å². The van der Waals surface area contributed by atoms with Gasteiger partial charge in [-0.3, -0.25) is 4.55 Å². The highest BCUT2D eigenvalue weighted by molar-refractivity contribution is 7.86. The van der Waals surface area contributed by atoms with E-state index in [1.165, 1.54) is 12.3 Å². The fraction of sp³-hybridized carbons (Fsp3) is 0.235. The van der Waals surface area contributed by atoms with Gasteiger partial charge in [0, 0.05) is 37.0 Å². The van der Waals surface area contributed by atoms with Crippen molar-refractivity contribution in [1.82, 2.24) is 20.7 Å². The highest BCUT2D eigenvalue weighted by Crippen LogP contribution is 2.47. The van der Waals surface area contributed by atoms with Gasteiger partial charge >= 0.3 is 0 Å². The molecule has 0 saturated carbocycles. The molecule has 2 aromatic carbocycles. The molecule has 3 aromatic rings. The van der Waals surface area contributed by atoms with Crippen LogP contribution in [0, 0.1) is 0 Å². The number of phenolic OH excluding ortho intramolecular Hbond substituents is 1. The number of nitrogens with one attached hydrogen (secondary N) is 1. The van der Waals surface area contributed by atoms with Crippen molar-refractivity contribution in [3.63, 3.8) is 0 Å². The summed E-state index contributed by atoms with van der Waals surface area (Å²) in [6.07, 6.45) is 1.38. The third-order valence-electron chi connectivity index (χ3n) is 4.57. The van der Waals surface area contributed by atoms with E-state index in [-0.39, 0.29) is 11.3 Å². The molecule has 0 amide bonds. The first kappa shape index (κ1) is 17.6. The third-order valence-corrected chi connectivity index (χ3v) is 5.48. The number of piperazine rings is 1. The molecule has 1 aromatic heterocycles. The zero-order chi connectivity index (χ0) is 19.0. The van der Waals surface area contributed by atoms with Crippen molar-refractivity contribution in [2.24, 2.45) is 0 Å². The highest BCUT2D eigenvalue weighted by Gasteiger charge is 2.31. The molecule has 0 bridgehead atoms. The van der Waals surface area contributed by atoms with Crippen molar-refractivity contribution < 1.29 is 18.1 Å². The van der Waals surface area contributed by atoms with Gasteiger partial charge in [-0.2, -0.15) is 8.42 Å². The lowest BCUT2D eigenvalue weighted by atomic mass is 9.99. The minimum atomic E-state index is -4.75. The Labute approximate surface area is 155 Å². The van der Waals surface area contributed by atoms with E-state index in [4.69, 9.17) is 0 Å². The Balaban J connectivity index is 2.19. The first-order valence-electron chi connectivity index (χ1n) is 8.34. The molecule has 0 atom stereocenters. The summed E-state index contributed by atoms with van der Waals surface area (Å²) >= 11 is 0. The quantitative estimate of drug-likeness (QED) is 0.565. The first-order chi connectivity index (χ1) is 13.0. The van der Waals surface area contributed by atoms with Crippen LogP contribution in [0.5, 0.6) is 5.75 Å². The molecule has 1 aliphatic rings. The molecule has 1 fully saturated rings. The van der Waals surface area contributed by atoms with Crippen LogP contribution in [0.4, 0.5) is 5.69 Å². The summed E-state index contributed by atoms with van der Waals surface area (Å²) in [4.78, 5) is 1.44. The summed E-state index contributed by atoms with van der Waals surface area (Å²) in [5.74, 6) is -0.513. The van der Waals surface area contributed by atoms with Crippen LogP contribution in [0.1, 0.15) is 0 Å². The molecular weight excluding hydrogens is 370 g/mol. The summed E-state index contributed by atoms with van der Waals surface area (Å²) in [7, 11) is -4.75. The Morgan fingerprint density at radius 1 is 1.07 bits per heavy atom. The predicted molar refractivity (Wildman–Crippen MR) is 99.3 cm³/mol. The van der Waals surface area contributed by atoms with E-state index < -0.39 is 20.8 Å². The molecule has 3 N–H and O–H groups in total. The molecule has 9 nitrogen and oxygen atoms in total. The summed E-state index contributed by atoms with van der Waals surface area (Å²) in [5, 5.41) is 26.1. The molecule has 140 valence electrons. The van der Waals surface area contributed by atoms with Crippen LogP contribution in [0.25, 0.3) is 22.0 Å². The van der Waals surface area contributed by atoms with E-state index in [2.05, 4.69) is 20.7 Å². The second-order valence-electron chi connectivity index (χ2n) is 6.16. The van der Waals surface area contributed by atoms with Crippen LogP contribution in [0.3, 0.4) is 0 Å². The number of rotatable bonds is 3. The van der Waals surface area contributed by atoms with Gasteiger partial charge in [0.1, 0.15) is 10.6 Å². The van der Waals surface area contributed by atoms with Crippen LogP contribution < -0.4 is 10.2 Å². The number of nitrogens with zero attached hydrogens (tertiary/aromatic N) is 4. The van der Waals surface area contributed by atoms with Crippen molar-refractivity contribution in [2.45, 2.75) is 4.90 Å². The molecular formula is C17H17N5O4S. The largest absolute Gasteiger partial charge is 0.506 e. The smallest absolute Gasteiger partial charge is 0.299 e. The third kappa shape index (κ3) is 3.07. The predicted octanol–water partition coefficient (Wildman–Crippen LogP) is 1.05. The normalized spacial score (nSPS) is 15.2. The van der Waals surface area contributed by atoms with Gasteiger partial charge in [0.25, 0.3) is 10.1 Å². The fourth-order valence-corrected chi connectivity index (χ4v) is 4.27. The van der Waals surface area contributed by atoms with Gasteiger partial charge in [0.2, 0.25) is 0 Å². The number of aromatic hydroxyl groups is 1. The number of benzene rings is 2. The monoisotopic (exact) mass is 387 g/mol. The van der Waals surface area contributed by atoms with E-state index >= 15 is 0 Å². The summed E-state index contributed by atoms with van der Waals surface area (Å²) in [6.45, 7) is 2.70. The number of phenols is 1. The maximum absolute atomic E-state index is 12.2. The SMILES string of the molecule is O=S(=O)(O)c1c(-c2ccnnn2)c(N2CCNCC2)c2ccccc2c1O. The molecule has 0 spiro atoms. The standard InChI is InChI=1S/C17H17N5O4S/c23-16-12-4-2-1-3-11(12)15(22-9-7-18-8-10-22)14(17(16)27(24,25)26)13-5-6-19-21-20-13/h1-6,18,23H,7-10H2,(H,24,25,26). The second-order valence-corrected chi connectivity index (χ2v) is 7.52. The van der Waals surface area contributed by atoms with E-state index in [9.17, 15) is 18.1 Å². The number of fused-ring (bicyclic) bond motifs is 1. The zero-order valence-corrected chi connectivity index (χ0v) is 15.0. The minimum Gasteiger partial charge on any atom is -0.506 e. The fourth-order valence-electron chi connectivity index (χ4n) is 3.46. The lowest BCUT2D eigenvalue weighted by molar-refractivity contribution is 0.448. The van der Waals surface area contributed by atoms with Crippen LogP contribution >= 0.6 is 0 Å². The zero-order valence-electron chi connectivity index (χ0n) is 14.2. The molecule has 2 heterocycles. The van der Waals surface area contributed by atoms with E-state index in [0.717, 1.165) is 13.1 Å². The molecule has 0 aliphatic carbocycles. The van der Waals surface area contributed by atoms with Crippen LogP contribution in [-0.4, -0.2) is 59.7 Å². The maximum Gasteiger partial charge on any atom is 0.299 e. The van der Waals surface area contributed by atoms with Gasteiger partial charge in [-0.05, 0) is 11.3 Å². The lowest BCUT2D eigenvalue weighted by Crippen LogP contribution is -2.44. The Hall–Kier alpha value is -2.82. The molecule has 0 unspecified atom stereocenters. The van der Waals surface area contributed by atoms with Crippen LogP contribution in [0.2, 0.25) is 0 Å². The average molecular weight is 387 g/mol. The van der Waals surface area contributed by atoms with E-state index in [1.54, 1.807) is 18.2 Å².